The van der Waals surface area contributed by atoms with Crippen molar-refractivity contribution in [1.82, 2.24) is 15.3 Å². The van der Waals surface area contributed by atoms with Crippen molar-refractivity contribution in [2.45, 2.75) is 19.1 Å². The van der Waals surface area contributed by atoms with E-state index >= 15 is 0 Å². The number of halogens is 3. The summed E-state index contributed by atoms with van der Waals surface area (Å²) >= 11 is 0. The molecule has 148 valence electrons. The number of nitrogens with zero attached hydrogens (tertiary/aromatic N) is 1. The molecule has 0 aliphatic carbocycles. The molecule has 2 N–H and O–H groups in total. The lowest BCUT2D eigenvalue weighted by atomic mass is 10.1. The van der Waals surface area contributed by atoms with Crippen molar-refractivity contribution in [2.75, 3.05) is 0 Å². The van der Waals surface area contributed by atoms with Crippen molar-refractivity contribution >= 4 is 16.9 Å². The number of nitrogens with one attached hydrogen (secondary N) is 2. The van der Waals surface area contributed by atoms with Crippen molar-refractivity contribution in [1.29, 1.82) is 0 Å². The van der Waals surface area contributed by atoms with Gasteiger partial charge in [-0.05, 0) is 43.3 Å². The Morgan fingerprint density at radius 2 is 1.90 bits per heavy atom. The molecule has 0 radical (unpaired) electrons. The molecule has 8 heteroatoms. The smallest absolute Gasteiger partial charge is 0.416 e. The fraction of sp³-hybridized carbons (Fsp3) is 0.143. The highest BCUT2D eigenvalue weighted by atomic mass is 19.4. The average Bonchev–Trinajstić information content (AvgIpc) is 3.35. The molecule has 29 heavy (non-hydrogen) atoms. The quantitative estimate of drug-likeness (QED) is 0.487. The molecule has 0 saturated carbocycles. The number of rotatable bonds is 4. The van der Waals surface area contributed by atoms with Gasteiger partial charge in [-0.15, -0.1) is 0 Å². The van der Waals surface area contributed by atoms with Gasteiger partial charge < -0.3 is 14.7 Å². The first kappa shape index (κ1) is 18.8. The maximum atomic E-state index is 12.9. The monoisotopic (exact) mass is 399 g/mol. The first-order valence-corrected chi connectivity index (χ1v) is 8.84. The summed E-state index contributed by atoms with van der Waals surface area (Å²) in [5.74, 6) is 0.276. The van der Waals surface area contributed by atoms with Gasteiger partial charge in [-0.3, -0.25) is 4.79 Å². The molecule has 0 aliphatic heterocycles. The van der Waals surface area contributed by atoms with Crippen molar-refractivity contribution < 1.29 is 22.4 Å². The number of alkyl halides is 3. The van der Waals surface area contributed by atoms with Crippen LogP contribution in [0.4, 0.5) is 13.2 Å². The lowest BCUT2D eigenvalue weighted by Gasteiger charge is -2.10. The Hall–Kier alpha value is -3.55. The topological polar surface area (TPSA) is 70.9 Å². The number of aromatic nitrogens is 2. The van der Waals surface area contributed by atoms with Crippen molar-refractivity contribution in [3.63, 3.8) is 0 Å². The van der Waals surface area contributed by atoms with Gasteiger partial charge in [-0.2, -0.15) is 13.2 Å². The Labute approximate surface area is 163 Å². The molecular formula is C21H16F3N3O2. The number of carbonyl (C=O) groups excluding carboxylic acids is 1. The maximum absolute atomic E-state index is 12.9. The standard InChI is InChI=1S/C21H16F3N3O2/c1-12(19-26-15-7-2-3-8-16(15)27-19)25-20(28)18-10-9-17(29-18)13-5-4-6-14(11-13)21(22,23)24/h2-12H,1H3,(H,25,28)(H,26,27)/t12-/m0/s1. The van der Waals surface area contributed by atoms with Crippen molar-refractivity contribution in [2.24, 2.45) is 0 Å². The molecule has 0 bridgehead atoms. The molecule has 1 amide bonds. The number of hydrogen-bond acceptors (Lipinski definition) is 3. The summed E-state index contributed by atoms with van der Waals surface area (Å²) in [6, 6.07) is 14.7. The third-order valence-corrected chi connectivity index (χ3v) is 4.47. The van der Waals surface area contributed by atoms with Crippen LogP contribution < -0.4 is 5.32 Å². The minimum atomic E-state index is -4.45. The predicted molar refractivity (Wildman–Crippen MR) is 101 cm³/mol. The van der Waals surface area contributed by atoms with Gasteiger partial charge in [-0.1, -0.05) is 24.3 Å². The summed E-state index contributed by atoms with van der Waals surface area (Å²) in [5.41, 5.74) is 1.10. The first-order valence-electron chi connectivity index (χ1n) is 8.84. The second kappa shape index (κ2) is 7.12. The largest absolute Gasteiger partial charge is 0.451 e. The lowest BCUT2D eigenvalue weighted by Crippen LogP contribution is -2.26. The third-order valence-electron chi connectivity index (χ3n) is 4.47. The van der Waals surface area contributed by atoms with Crippen LogP contribution in [-0.2, 0) is 6.18 Å². The maximum Gasteiger partial charge on any atom is 0.416 e. The number of H-pyrrole nitrogens is 1. The van der Waals surface area contributed by atoms with Crippen LogP contribution in [0, 0.1) is 0 Å². The fourth-order valence-corrected chi connectivity index (χ4v) is 2.98. The van der Waals surface area contributed by atoms with Crippen LogP contribution in [0.3, 0.4) is 0 Å². The number of aromatic amines is 1. The number of benzene rings is 2. The Morgan fingerprint density at radius 1 is 1.10 bits per heavy atom. The minimum absolute atomic E-state index is 0.000345. The van der Waals surface area contributed by atoms with E-state index in [0.717, 1.165) is 23.2 Å². The zero-order chi connectivity index (χ0) is 20.6. The van der Waals surface area contributed by atoms with Gasteiger partial charge in [0.05, 0.1) is 22.6 Å². The van der Waals surface area contributed by atoms with E-state index in [2.05, 4.69) is 15.3 Å². The Kier molecular flexibility index (Phi) is 4.62. The molecule has 0 unspecified atom stereocenters. The highest BCUT2D eigenvalue weighted by molar-refractivity contribution is 5.92. The third kappa shape index (κ3) is 3.87. The molecule has 4 aromatic rings. The Bertz CT molecular complexity index is 1140. The van der Waals surface area contributed by atoms with Gasteiger partial charge in [0.2, 0.25) is 0 Å². The second-order valence-electron chi connectivity index (χ2n) is 6.58. The van der Waals surface area contributed by atoms with E-state index in [1.807, 2.05) is 24.3 Å². The van der Waals surface area contributed by atoms with E-state index in [9.17, 15) is 18.0 Å². The molecule has 2 heterocycles. The summed E-state index contributed by atoms with van der Waals surface area (Å²) < 4.78 is 44.2. The molecule has 2 aromatic carbocycles. The van der Waals surface area contributed by atoms with E-state index in [-0.39, 0.29) is 17.1 Å². The van der Waals surface area contributed by atoms with E-state index < -0.39 is 23.7 Å². The van der Waals surface area contributed by atoms with Crippen LogP contribution in [0.2, 0.25) is 0 Å². The Balaban J connectivity index is 1.51. The molecule has 5 nitrogen and oxygen atoms in total. The number of imidazole rings is 1. The number of para-hydroxylation sites is 2. The first-order chi connectivity index (χ1) is 13.8. The molecule has 0 spiro atoms. The highest BCUT2D eigenvalue weighted by Gasteiger charge is 2.30. The molecule has 1 atom stereocenters. The molecule has 0 saturated heterocycles. The van der Waals surface area contributed by atoms with Gasteiger partial charge >= 0.3 is 6.18 Å². The SMILES string of the molecule is C[C@H](NC(=O)c1ccc(-c2cccc(C(F)(F)F)c2)o1)c1nc2ccccc2[nH]1. The summed E-state index contributed by atoms with van der Waals surface area (Å²) in [6.07, 6.45) is -4.45. The summed E-state index contributed by atoms with van der Waals surface area (Å²) in [6.45, 7) is 1.77. The van der Waals surface area contributed by atoms with E-state index in [1.165, 1.54) is 24.3 Å². The molecule has 0 aliphatic rings. The zero-order valence-electron chi connectivity index (χ0n) is 15.2. The number of amides is 1. The molecule has 4 rings (SSSR count). The second-order valence-corrected chi connectivity index (χ2v) is 6.58. The fourth-order valence-electron chi connectivity index (χ4n) is 2.98. The average molecular weight is 399 g/mol. The van der Waals surface area contributed by atoms with Crippen LogP contribution in [0.15, 0.2) is 65.1 Å². The summed E-state index contributed by atoms with van der Waals surface area (Å²) in [7, 11) is 0. The molecule has 2 aromatic heterocycles. The number of hydrogen-bond donors (Lipinski definition) is 2. The van der Waals surface area contributed by atoms with Gasteiger partial charge in [0.25, 0.3) is 5.91 Å². The van der Waals surface area contributed by atoms with E-state index in [1.54, 1.807) is 6.92 Å². The van der Waals surface area contributed by atoms with Crippen molar-refractivity contribution in [3.8, 4) is 11.3 Å². The van der Waals surface area contributed by atoms with Gasteiger partial charge in [0.15, 0.2) is 5.76 Å². The highest BCUT2D eigenvalue weighted by Crippen LogP contribution is 2.32. The van der Waals surface area contributed by atoms with E-state index in [4.69, 9.17) is 4.42 Å². The normalized spacial score (nSPS) is 12.8. The van der Waals surface area contributed by atoms with Gasteiger partial charge in [0, 0.05) is 5.56 Å². The van der Waals surface area contributed by atoms with Crippen LogP contribution in [0.25, 0.3) is 22.4 Å². The lowest BCUT2D eigenvalue weighted by molar-refractivity contribution is -0.137. The zero-order valence-corrected chi connectivity index (χ0v) is 15.2. The van der Waals surface area contributed by atoms with Crippen LogP contribution >= 0.6 is 0 Å². The number of carbonyl (C=O) groups is 1. The number of furan rings is 1. The van der Waals surface area contributed by atoms with Crippen molar-refractivity contribution in [3.05, 3.63) is 77.8 Å². The van der Waals surface area contributed by atoms with Crippen LogP contribution in [0.5, 0.6) is 0 Å². The molecular weight excluding hydrogens is 383 g/mol. The Morgan fingerprint density at radius 3 is 2.66 bits per heavy atom. The van der Waals surface area contributed by atoms with Crippen LogP contribution in [-0.4, -0.2) is 15.9 Å². The summed E-state index contributed by atoms with van der Waals surface area (Å²) in [4.78, 5) is 20.1. The molecule has 0 fully saturated rings. The summed E-state index contributed by atoms with van der Waals surface area (Å²) in [5, 5.41) is 2.77. The number of fused-ring (bicyclic) bond motifs is 1. The van der Waals surface area contributed by atoms with Gasteiger partial charge in [-0.25, -0.2) is 4.98 Å². The predicted octanol–water partition coefficient (Wildman–Crippen LogP) is 5.33. The van der Waals surface area contributed by atoms with Crippen LogP contribution in [0.1, 0.15) is 34.9 Å². The van der Waals surface area contributed by atoms with Gasteiger partial charge in [0.1, 0.15) is 11.6 Å². The van der Waals surface area contributed by atoms with E-state index in [0.29, 0.717) is 5.82 Å². The minimum Gasteiger partial charge on any atom is -0.451 e.